The van der Waals surface area contributed by atoms with Crippen molar-refractivity contribution < 1.29 is 18.3 Å². The van der Waals surface area contributed by atoms with Crippen LogP contribution in [0.2, 0.25) is 0 Å². The van der Waals surface area contributed by atoms with Crippen molar-refractivity contribution in [3.05, 3.63) is 47.7 Å². The van der Waals surface area contributed by atoms with E-state index in [0.29, 0.717) is 11.5 Å². The molecule has 1 fully saturated rings. The number of amides is 1. The quantitative estimate of drug-likeness (QED) is 0.628. The van der Waals surface area contributed by atoms with Gasteiger partial charge in [0, 0.05) is 36.0 Å². The molecular formula is C18H19F2N5O2. The number of aliphatic imine (C=N–C) groups is 1. The van der Waals surface area contributed by atoms with Gasteiger partial charge in [-0.05, 0) is 12.0 Å². The Kier molecular flexibility index (Phi) is 5.20. The average Bonchev–Trinajstić information content (AvgIpc) is 2.58. The van der Waals surface area contributed by atoms with Gasteiger partial charge >= 0.3 is 6.09 Å². The second-order valence-corrected chi connectivity index (χ2v) is 6.41. The highest BCUT2D eigenvalue weighted by atomic mass is 19.1. The number of guanidine groups is 1. The molecule has 1 aliphatic rings. The minimum absolute atomic E-state index is 0.104. The summed E-state index contributed by atoms with van der Waals surface area (Å²) in [6.45, 7) is 3.20. The Hall–Kier alpha value is -3.23. The van der Waals surface area contributed by atoms with Crippen LogP contribution >= 0.6 is 0 Å². The fraction of sp³-hybridized carbons (Fsp3) is 0.278. The maximum Gasteiger partial charge on any atom is 0.437 e. The molecule has 1 aliphatic heterocycles. The molecule has 0 atom stereocenters. The molecule has 0 radical (unpaired) electrons. The van der Waals surface area contributed by atoms with Gasteiger partial charge in [0.2, 0.25) is 0 Å². The zero-order chi connectivity index (χ0) is 19.6. The molecule has 0 aliphatic carbocycles. The maximum absolute atomic E-state index is 14.8. The van der Waals surface area contributed by atoms with E-state index in [-0.39, 0.29) is 23.6 Å². The van der Waals surface area contributed by atoms with Crippen LogP contribution in [-0.4, -0.2) is 30.1 Å². The number of pyridine rings is 1. The molecule has 0 saturated carbocycles. The summed E-state index contributed by atoms with van der Waals surface area (Å²) < 4.78 is 34.0. The Bertz CT molecular complexity index is 893. The first kappa shape index (κ1) is 18.6. The molecule has 7 nitrogen and oxygen atoms in total. The number of halogens is 2. The van der Waals surface area contributed by atoms with Crippen molar-refractivity contribution in [2.45, 2.75) is 13.5 Å². The van der Waals surface area contributed by atoms with E-state index in [9.17, 15) is 13.6 Å². The van der Waals surface area contributed by atoms with Crippen molar-refractivity contribution in [2.75, 3.05) is 18.0 Å². The summed E-state index contributed by atoms with van der Waals surface area (Å²) in [5.41, 5.74) is 10.7. The van der Waals surface area contributed by atoms with Crippen molar-refractivity contribution in [1.29, 1.82) is 0 Å². The second-order valence-electron chi connectivity index (χ2n) is 6.41. The first-order chi connectivity index (χ1) is 12.8. The van der Waals surface area contributed by atoms with Crippen molar-refractivity contribution >= 4 is 17.9 Å². The van der Waals surface area contributed by atoms with Crippen molar-refractivity contribution in [1.82, 2.24) is 4.98 Å². The predicted molar refractivity (Wildman–Crippen MR) is 97.0 cm³/mol. The van der Waals surface area contributed by atoms with Gasteiger partial charge in [0.05, 0.1) is 0 Å². The number of aromatic nitrogens is 1. The van der Waals surface area contributed by atoms with Gasteiger partial charge in [-0.3, -0.25) is 0 Å². The Labute approximate surface area is 154 Å². The highest BCUT2D eigenvalue weighted by Crippen LogP contribution is 2.30. The van der Waals surface area contributed by atoms with Crippen LogP contribution in [0.25, 0.3) is 11.1 Å². The van der Waals surface area contributed by atoms with Crippen molar-refractivity contribution in [2.24, 2.45) is 22.4 Å². The van der Waals surface area contributed by atoms with E-state index in [1.807, 2.05) is 4.90 Å². The molecule has 2 heterocycles. The van der Waals surface area contributed by atoms with Gasteiger partial charge in [0.15, 0.2) is 17.6 Å². The Balaban J connectivity index is 1.80. The molecule has 1 amide bonds. The summed E-state index contributed by atoms with van der Waals surface area (Å²) in [5.74, 6) is -0.835. The summed E-state index contributed by atoms with van der Waals surface area (Å²) in [5, 5.41) is 0. The first-order valence-electron chi connectivity index (χ1n) is 8.29. The number of carbonyl (C=O) groups is 1. The van der Waals surface area contributed by atoms with Gasteiger partial charge in [-0.15, -0.1) is 4.99 Å². The molecular weight excluding hydrogens is 356 g/mol. The van der Waals surface area contributed by atoms with Crippen LogP contribution in [0.4, 0.5) is 19.4 Å². The van der Waals surface area contributed by atoms with E-state index < -0.39 is 23.7 Å². The molecule has 27 heavy (non-hydrogen) atoms. The minimum Gasteiger partial charge on any atom is -0.443 e. The minimum atomic E-state index is -1.03. The van der Waals surface area contributed by atoms with E-state index >= 15 is 0 Å². The van der Waals surface area contributed by atoms with Gasteiger partial charge < -0.3 is 21.1 Å². The third-order valence-corrected chi connectivity index (χ3v) is 4.15. The van der Waals surface area contributed by atoms with E-state index in [0.717, 1.165) is 13.1 Å². The molecule has 1 aromatic carbocycles. The number of hydrogen-bond donors (Lipinski definition) is 2. The van der Waals surface area contributed by atoms with Gasteiger partial charge in [-0.2, -0.15) is 0 Å². The van der Waals surface area contributed by atoms with Crippen molar-refractivity contribution in [3.63, 3.8) is 0 Å². The third-order valence-electron chi connectivity index (χ3n) is 4.15. The van der Waals surface area contributed by atoms with Crippen LogP contribution in [0.5, 0.6) is 0 Å². The Morgan fingerprint density at radius 3 is 2.74 bits per heavy atom. The van der Waals surface area contributed by atoms with E-state index in [4.69, 9.17) is 16.2 Å². The fourth-order valence-electron chi connectivity index (χ4n) is 2.87. The van der Waals surface area contributed by atoms with Crippen LogP contribution in [0, 0.1) is 17.6 Å². The highest BCUT2D eigenvalue weighted by Gasteiger charge is 2.26. The highest BCUT2D eigenvalue weighted by molar-refractivity contribution is 5.87. The summed E-state index contributed by atoms with van der Waals surface area (Å²) in [6.07, 6.45) is 0.398. The Morgan fingerprint density at radius 2 is 2.11 bits per heavy atom. The number of anilines is 1. The van der Waals surface area contributed by atoms with Gasteiger partial charge in [-0.1, -0.05) is 25.1 Å². The summed E-state index contributed by atoms with van der Waals surface area (Å²) in [6, 6.07) is 5.77. The number of nitrogens with zero attached hydrogens (tertiary/aromatic N) is 3. The number of ether oxygens (including phenoxy) is 1. The normalized spacial score (nSPS) is 13.8. The molecule has 9 heteroatoms. The molecule has 4 N–H and O–H groups in total. The molecule has 0 unspecified atom stereocenters. The molecule has 142 valence electrons. The lowest BCUT2D eigenvalue weighted by molar-refractivity contribution is 0.149. The molecule has 0 spiro atoms. The number of hydrogen-bond acceptors (Lipinski definition) is 4. The zero-order valence-corrected chi connectivity index (χ0v) is 14.7. The largest absolute Gasteiger partial charge is 0.443 e. The smallest absolute Gasteiger partial charge is 0.437 e. The second kappa shape index (κ2) is 7.56. The SMILES string of the molecule is CC1CN(c2ncc(-c3cccc(COC(=O)N=C(N)N)c3F)cc2F)C1. The van der Waals surface area contributed by atoms with Crippen LogP contribution in [0.15, 0.2) is 35.5 Å². The first-order valence-corrected chi connectivity index (χ1v) is 8.29. The van der Waals surface area contributed by atoms with Crippen LogP contribution in [0.1, 0.15) is 12.5 Å². The lowest BCUT2D eigenvalue weighted by atomic mass is 10.0. The van der Waals surface area contributed by atoms with Gasteiger partial charge in [0.1, 0.15) is 12.4 Å². The van der Waals surface area contributed by atoms with E-state index in [1.54, 1.807) is 6.07 Å². The molecule has 0 bridgehead atoms. The van der Waals surface area contributed by atoms with E-state index in [2.05, 4.69) is 16.9 Å². The third kappa shape index (κ3) is 4.13. The molecule has 3 rings (SSSR count). The predicted octanol–water partition coefficient (Wildman–Crippen LogP) is 2.39. The lowest BCUT2D eigenvalue weighted by Gasteiger charge is -2.38. The number of benzene rings is 1. The monoisotopic (exact) mass is 375 g/mol. The lowest BCUT2D eigenvalue weighted by Crippen LogP contribution is -2.46. The molecule has 2 aromatic rings. The summed E-state index contributed by atoms with van der Waals surface area (Å²) in [4.78, 5) is 20.5. The van der Waals surface area contributed by atoms with Gasteiger partial charge in [0.25, 0.3) is 0 Å². The average molecular weight is 375 g/mol. The summed E-state index contributed by atoms with van der Waals surface area (Å²) in [7, 11) is 0. The maximum atomic E-state index is 14.8. The topological polar surface area (TPSA) is 107 Å². The van der Waals surface area contributed by atoms with Crippen LogP contribution < -0.4 is 16.4 Å². The van der Waals surface area contributed by atoms with Crippen LogP contribution in [0.3, 0.4) is 0 Å². The number of carbonyl (C=O) groups excluding carboxylic acids is 1. The molecule has 1 aromatic heterocycles. The van der Waals surface area contributed by atoms with Crippen LogP contribution in [-0.2, 0) is 11.3 Å². The Morgan fingerprint density at radius 1 is 1.37 bits per heavy atom. The number of rotatable bonds is 4. The fourth-order valence-corrected chi connectivity index (χ4v) is 2.87. The van der Waals surface area contributed by atoms with Crippen molar-refractivity contribution in [3.8, 4) is 11.1 Å². The standard InChI is InChI=1S/C18H19F2N5O2/c1-10-7-25(8-10)16-14(19)5-12(6-23-16)13-4-2-3-11(15(13)20)9-27-18(26)24-17(21)22/h2-6,10H,7-9H2,1H3,(H4,21,22,24,26). The van der Waals surface area contributed by atoms with Gasteiger partial charge in [-0.25, -0.2) is 18.6 Å². The summed E-state index contributed by atoms with van der Waals surface area (Å²) >= 11 is 0. The van der Waals surface area contributed by atoms with E-state index in [1.165, 1.54) is 24.4 Å². The number of nitrogens with two attached hydrogens (primary N) is 2. The zero-order valence-electron chi connectivity index (χ0n) is 14.7. The molecule has 1 saturated heterocycles.